The van der Waals surface area contributed by atoms with Crippen LogP contribution in [-0.2, 0) is 13.6 Å². The van der Waals surface area contributed by atoms with Crippen molar-refractivity contribution in [3.8, 4) is 0 Å². The van der Waals surface area contributed by atoms with Crippen LogP contribution in [0.5, 0.6) is 0 Å². The van der Waals surface area contributed by atoms with Gasteiger partial charge in [0.15, 0.2) is 5.82 Å². The summed E-state index contributed by atoms with van der Waals surface area (Å²) in [4.78, 5) is 1.46. The molecule has 1 N–H and O–H groups in total. The van der Waals surface area contributed by atoms with Gasteiger partial charge in [-0.3, -0.25) is 0 Å². The average molecular weight is 232 g/mol. The highest BCUT2D eigenvalue weighted by atomic mass is 35.5. The zero-order valence-electron chi connectivity index (χ0n) is 9.28. The number of rotatable bonds is 7. The molecule has 0 aliphatic carbocycles. The Kier molecular flexibility index (Phi) is 5.57. The van der Waals surface area contributed by atoms with Crippen LogP contribution in [0, 0.1) is 5.92 Å². The van der Waals surface area contributed by atoms with Gasteiger partial charge in [0.2, 0.25) is 0 Å². The van der Waals surface area contributed by atoms with Crippen molar-refractivity contribution in [1.82, 2.24) is 25.5 Å². The van der Waals surface area contributed by atoms with Crippen molar-refractivity contribution >= 4 is 11.6 Å². The fourth-order valence-corrected chi connectivity index (χ4v) is 1.40. The predicted octanol–water partition coefficient (Wildman–Crippen LogP) is 0.955. The molecule has 0 amide bonds. The number of nitrogens with zero attached hydrogens (tertiary/aromatic N) is 4. The third-order valence-electron chi connectivity index (χ3n) is 2.15. The van der Waals surface area contributed by atoms with Gasteiger partial charge in [0.25, 0.3) is 0 Å². The lowest BCUT2D eigenvalue weighted by Gasteiger charge is -2.06. The molecule has 86 valence electrons. The molecule has 0 aliphatic heterocycles. The van der Waals surface area contributed by atoms with E-state index in [9.17, 15) is 0 Å². The maximum atomic E-state index is 5.71. The van der Waals surface area contributed by atoms with Crippen LogP contribution in [0.25, 0.3) is 0 Å². The maximum absolute atomic E-state index is 5.71. The van der Waals surface area contributed by atoms with Gasteiger partial charge in [0.1, 0.15) is 0 Å². The molecule has 0 aromatic carbocycles. The normalized spacial score (nSPS) is 13.0. The van der Waals surface area contributed by atoms with Gasteiger partial charge < -0.3 is 5.32 Å². The van der Waals surface area contributed by atoms with Crippen LogP contribution in [0.15, 0.2) is 0 Å². The van der Waals surface area contributed by atoms with Crippen LogP contribution in [0.4, 0.5) is 0 Å². The first-order chi connectivity index (χ1) is 7.22. The highest BCUT2D eigenvalue weighted by molar-refractivity contribution is 6.18. The quantitative estimate of drug-likeness (QED) is 0.561. The summed E-state index contributed by atoms with van der Waals surface area (Å²) in [5.41, 5.74) is 0. The Morgan fingerprint density at radius 1 is 1.53 bits per heavy atom. The Labute approximate surface area is 95.2 Å². The zero-order chi connectivity index (χ0) is 11.1. The average Bonchev–Trinajstić information content (AvgIpc) is 2.63. The molecule has 15 heavy (non-hydrogen) atoms. The van der Waals surface area contributed by atoms with Crippen molar-refractivity contribution in [3.63, 3.8) is 0 Å². The van der Waals surface area contributed by atoms with E-state index < -0.39 is 0 Å². The van der Waals surface area contributed by atoms with Gasteiger partial charge in [0, 0.05) is 5.88 Å². The largest absolute Gasteiger partial charge is 0.310 e. The minimum Gasteiger partial charge on any atom is -0.310 e. The number of hydrogen-bond donors (Lipinski definition) is 1. The third kappa shape index (κ3) is 5.09. The van der Waals surface area contributed by atoms with Crippen molar-refractivity contribution in [2.75, 3.05) is 12.4 Å². The Morgan fingerprint density at radius 3 is 2.93 bits per heavy atom. The molecule has 1 rings (SSSR count). The summed E-state index contributed by atoms with van der Waals surface area (Å²) in [5.74, 6) is 2.08. The second-order valence-corrected chi connectivity index (χ2v) is 4.08. The molecule has 0 spiro atoms. The van der Waals surface area contributed by atoms with Gasteiger partial charge in [-0.15, -0.1) is 21.8 Å². The lowest BCUT2D eigenvalue weighted by molar-refractivity contribution is 0.526. The summed E-state index contributed by atoms with van der Waals surface area (Å²) in [6.07, 6.45) is 2.29. The topological polar surface area (TPSA) is 55.6 Å². The van der Waals surface area contributed by atoms with Crippen LogP contribution < -0.4 is 5.32 Å². The molecule has 0 radical (unpaired) electrons. The van der Waals surface area contributed by atoms with Crippen molar-refractivity contribution in [1.29, 1.82) is 0 Å². The molecular formula is C9H18ClN5. The standard InChI is InChI=1S/C9H18ClN5/c1-8(6-10)4-3-5-11-7-9-12-14-15(2)13-9/h8,11H,3-7H2,1-2H3. The van der Waals surface area contributed by atoms with Gasteiger partial charge in [0.05, 0.1) is 13.6 Å². The van der Waals surface area contributed by atoms with Crippen LogP contribution in [0.1, 0.15) is 25.6 Å². The third-order valence-corrected chi connectivity index (χ3v) is 2.67. The molecule has 0 aliphatic rings. The van der Waals surface area contributed by atoms with Gasteiger partial charge in [-0.25, -0.2) is 0 Å². The number of alkyl halides is 1. The van der Waals surface area contributed by atoms with Crippen molar-refractivity contribution in [3.05, 3.63) is 5.82 Å². The minimum atomic E-state index is 0.600. The van der Waals surface area contributed by atoms with Crippen LogP contribution in [-0.4, -0.2) is 32.6 Å². The number of tetrazole rings is 1. The highest BCUT2D eigenvalue weighted by Crippen LogP contribution is 2.05. The van der Waals surface area contributed by atoms with Crippen LogP contribution >= 0.6 is 11.6 Å². The SMILES string of the molecule is CC(CCl)CCCNCc1nnn(C)n1. The molecule has 6 heteroatoms. The summed E-state index contributed by atoms with van der Waals surface area (Å²) in [5, 5.41) is 15.0. The molecule has 0 saturated heterocycles. The summed E-state index contributed by atoms with van der Waals surface area (Å²) in [6.45, 7) is 3.82. The van der Waals surface area contributed by atoms with E-state index in [0.29, 0.717) is 12.5 Å². The Hall–Kier alpha value is -0.680. The van der Waals surface area contributed by atoms with E-state index in [0.717, 1.165) is 31.1 Å². The van der Waals surface area contributed by atoms with Crippen molar-refractivity contribution in [2.45, 2.75) is 26.3 Å². The number of nitrogens with one attached hydrogen (secondary N) is 1. The van der Waals surface area contributed by atoms with E-state index in [1.54, 1.807) is 7.05 Å². The van der Waals surface area contributed by atoms with Gasteiger partial charge in [-0.2, -0.15) is 4.80 Å². The first kappa shape index (κ1) is 12.4. The number of hydrogen-bond acceptors (Lipinski definition) is 4. The minimum absolute atomic E-state index is 0.600. The summed E-state index contributed by atoms with van der Waals surface area (Å²) in [6, 6.07) is 0. The fourth-order valence-electron chi connectivity index (χ4n) is 1.25. The number of aromatic nitrogens is 4. The Morgan fingerprint density at radius 2 is 2.33 bits per heavy atom. The first-order valence-electron chi connectivity index (χ1n) is 5.22. The lowest BCUT2D eigenvalue weighted by atomic mass is 10.1. The van der Waals surface area contributed by atoms with Gasteiger partial charge in [-0.1, -0.05) is 6.92 Å². The summed E-state index contributed by atoms with van der Waals surface area (Å²) >= 11 is 5.71. The molecule has 1 aromatic heterocycles. The molecule has 1 heterocycles. The lowest BCUT2D eigenvalue weighted by Crippen LogP contribution is -2.16. The van der Waals surface area contributed by atoms with E-state index in [2.05, 4.69) is 27.7 Å². The monoisotopic (exact) mass is 231 g/mol. The van der Waals surface area contributed by atoms with E-state index in [1.165, 1.54) is 4.80 Å². The van der Waals surface area contributed by atoms with E-state index in [1.807, 2.05) is 0 Å². The fraction of sp³-hybridized carbons (Fsp3) is 0.889. The van der Waals surface area contributed by atoms with Crippen molar-refractivity contribution in [2.24, 2.45) is 13.0 Å². The van der Waals surface area contributed by atoms with Crippen molar-refractivity contribution < 1.29 is 0 Å². The van der Waals surface area contributed by atoms with Crippen LogP contribution in [0.3, 0.4) is 0 Å². The molecule has 1 atom stereocenters. The molecule has 5 nitrogen and oxygen atoms in total. The zero-order valence-corrected chi connectivity index (χ0v) is 10.0. The van der Waals surface area contributed by atoms with Crippen LogP contribution in [0.2, 0.25) is 0 Å². The Bertz CT molecular complexity index is 275. The second kappa shape index (κ2) is 6.74. The summed E-state index contributed by atoms with van der Waals surface area (Å²) < 4.78 is 0. The number of aryl methyl sites for hydroxylation is 1. The molecule has 0 bridgehead atoms. The van der Waals surface area contributed by atoms with E-state index in [4.69, 9.17) is 11.6 Å². The summed E-state index contributed by atoms with van der Waals surface area (Å²) in [7, 11) is 1.76. The Balaban J connectivity index is 2.02. The molecule has 0 saturated carbocycles. The molecule has 1 aromatic rings. The molecule has 1 unspecified atom stereocenters. The molecular weight excluding hydrogens is 214 g/mol. The predicted molar refractivity (Wildman–Crippen MR) is 59.6 cm³/mol. The number of halogens is 1. The maximum Gasteiger partial charge on any atom is 0.188 e. The first-order valence-corrected chi connectivity index (χ1v) is 5.75. The van der Waals surface area contributed by atoms with Gasteiger partial charge >= 0.3 is 0 Å². The smallest absolute Gasteiger partial charge is 0.188 e. The van der Waals surface area contributed by atoms with E-state index in [-0.39, 0.29) is 0 Å². The highest BCUT2D eigenvalue weighted by Gasteiger charge is 2.01. The second-order valence-electron chi connectivity index (χ2n) is 3.77. The molecule has 0 fully saturated rings. The van der Waals surface area contributed by atoms with E-state index >= 15 is 0 Å². The van der Waals surface area contributed by atoms with Gasteiger partial charge in [-0.05, 0) is 30.5 Å².